The molecular weight excluding hydrogens is 409 g/mol. The Bertz CT molecular complexity index is 1010. The van der Waals surface area contributed by atoms with Gasteiger partial charge in [-0.25, -0.2) is 4.98 Å². The number of halogens is 3. The number of nitrogens with zero attached hydrogens (tertiary/aromatic N) is 2. The van der Waals surface area contributed by atoms with Gasteiger partial charge in [0.25, 0.3) is 0 Å². The van der Waals surface area contributed by atoms with Crippen LogP contribution < -0.4 is 20.1 Å². The summed E-state index contributed by atoms with van der Waals surface area (Å²) in [6.45, 7) is 4.00. The molecule has 31 heavy (non-hydrogen) atoms. The number of hydrogen-bond acceptors (Lipinski definition) is 6. The SMILES string of the molecule is CCC(C)Oc1ccc(Nc2ncc(C(F)(F)F)c(Nc3ccccc3OC)n2)cc1. The molecular formula is C22H23F3N4O2. The first kappa shape index (κ1) is 22.2. The van der Waals surface area contributed by atoms with E-state index in [0.29, 0.717) is 22.9 Å². The van der Waals surface area contributed by atoms with E-state index in [2.05, 4.69) is 20.6 Å². The summed E-state index contributed by atoms with van der Waals surface area (Å²) in [5, 5.41) is 5.62. The van der Waals surface area contributed by atoms with Crippen molar-refractivity contribution in [1.82, 2.24) is 9.97 Å². The zero-order valence-corrected chi connectivity index (χ0v) is 17.3. The highest BCUT2D eigenvalue weighted by Crippen LogP contribution is 2.37. The number of anilines is 4. The summed E-state index contributed by atoms with van der Waals surface area (Å²) in [5.41, 5.74) is -0.0209. The Balaban J connectivity index is 1.86. The van der Waals surface area contributed by atoms with E-state index >= 15 is 0 Å². The van der Waals surface area contributed by atoms with Gasteiger partial charge in [0.15, 0.2) is 0 Å². The first-order chi connectivity index (χ1) is 14.8. The third-order valence-corrected chi connectivity index (χ3v) is 4.48. The fourth-order valence-corrected chi connectivity index (χ4v) is 2.68. The van der Waals surface area contributed by atoms with E-state index in [1.807, 2.05) is 13.8 Å². The lowest BCUT2D eigenvalue weighted by atomic mass is 10.2. The van der Waals surface area contributed by atoms with Gasteiger partial charge in [0.1, 0.15) is 22.9 Å². The largest absolute Gasteiger partial charge is 0.495 e. The van der Waals surface area contributed by atoms with Gasteiger partial charge >= 0.3 is 6.18 Å². The molecule has 1 aromatic heterocycles. The fourth-order valence-electron chi connectivity index (χ4n) is 2.68. The highest BCUT2D eigenvalue weighted by molar-refractivity contribution is 5.67. The number of ether oxygens (including phenoxy) is 2. The molecule has 0 aliphatic heterocycles. The average Bonchev–Trinajstić information content (AvgIpc) is 2.75. The maximum atomic E-state index is 13.5. The second-order valence-corrected chi connectivity index (χ2v) is 6.77. The minimum atomic E-state index is -4.63. The highest BCUT2D eigenvalue weighted by Gasteiger charge is 2.35. The number of nitrogens with one attached hydrogen (secondary N) is 2. The molecule has 0 amide bonds. The number of rotatable bonds is 8. The zero-order chi connectivity index (χ0) is 22.4. The van der Waals surface area contributed by atoms with Crippen molar-refractivity contribution in [3.63, 3.8) is 0 Å². The predicted molar refractivity (Wildman–Crippen MR) is 113 cm³/mol. The van der Waals surface area contributed by atoms with Gasteiger partial charge in [-0.1, -0.05) is 19.1 Å². The summed E-state index contributed by atoms with van der Waals surface area (Å²) in [5.74, 6) is 0.722. The van der Waals surface area contributed by atoms with Gasteiger partial charge in [-0.3, -0.25) is 0 Å². The molecule has 3 rings (SSSR count). The zero-order valence-electron chi connectivity index (χ0n) is 17.3. The molecule has 6 nitrogen and oxygen atoms in total. The van der Waals surface area contributed by atoms with Gasteiger partial charge in [0.2, 0.25) is 5.95 Å². The number of aromatic nitrogens is 2. The first-order valence-electron chi connectivity index (χ1n) is 9.68. The van der Waals surface area contributed by atoms with Gasteiger partial charge in [-0.15, -0.1) is 0 Å². The summed E-state index contributed by atoms with van der Waals surface area (Å²) < 4.78 is 51.4. The predicted octanol–water partition coefficient (Wildman–Crippen LogP) is 6.17. The number of benzene rings is 2. The highest BCUT2D eigenvalue weighted by atomic mass is 19.4. The van der Waals surface area contributed by atoms with Crippen molar-refractivity contribution in [2.75, 3.05) is 17.7 Å². The van der Waals surface area contributed by atoms with Crippen molar-refractivity contribution >= 4 is 23.1 Å². The molecule has 0 saturated heterocycles. The molecule has 0 saturated carbocycles. The van der Waals surface area contributed by atoms with Crippen LogP contribution in [0.4, 0.5) is 36.3 Å². The minimum absolute atomic E-state index is 0.0148. The standard InChI is InChI=1S/C22H23F3N4O2/c1-4-14(2)31-16-11-9-15(10-12-16)27-21-26-13-17(22(23,24)25)20(29-21)28-18-7-5-6-8-19(18)30-3/h5-14H,4H2,1-3H3,(H2,26,27,28,29). The number of para-hydroxylation sites is 2. The Morgan fingerprint density at radius 3 is 2.39 bits per heavy atom. The Hall–Kier alpha value is -3.49. The van der Waals surface area contributed by atoms with Crippen molar-refractivity contribution in [3.05, 3.63) is 60.3 Å². The first-order valence-corrected chi connectivity index (χ1v) is 9.68. The van der Waals surface area contributed by atoms with E-state index in [1.165, 1.54) is 7.11 Å². The minimum Gasteiger partial charge on any atom is -0.495 e. The van der Waals surface area contributed by atoms with Crippen molar-refractivity contribution in [2.24, 2.45) is 0 Å². The summed E-state index contributed by atoms with van der Waals surface area (Å²) in [6.07, 6.45) is -2.92. The van der Waals surface area contributed by atoms with Crippen LogP contribution >= 0.6 is 0 Å². The molecule has 3 aromatic rings. The van der Waals surface area contributed by atoms with Crippen molar-refractivity contribution in [2.45, 2.75) is 32.5 Å². The van der Waals surface area contributed by atoms with Gasteiger partial charge in [0.05, 0.1) is 18.9 Å². The molecule has 0 spiro atoms. The van der Waals surface area contributed by atoms with Crippen LogP contribution in [0.1, 0.15) is 25.8 Å². The van der Waals surface area contributed by atoms with Gasteiger partial charge in [-0.05, 0) is 49.7 Å². The van der Waals surface area contributed by atoms with Crippen LogP contribution in [0.5, 0.6) is 11.5 Å². The van der Waals surface area contributed by atoms with Crippen LogP contribution in [0.3, 0.4) is 0 Å². The Morgan fingerprint density at radius 2 is 1.74 bits per heavy atom. The summed E-state index contributed by atoms with van der Waals surface area (Å²) >= 11 is 0. The van der Waals surface area contributed by atoms with Gasteiger partial charge in [0, 0.05) is 11.9 Å². The smallest absolute Gasteiger partial charge is 0.421 e. The van der Waals surface area contributed by atoms with E-state index in [1.54, 1.807) is 48.5 Å². The second-order valence-electron chi connectivity index (χ2n) is 6.77. The van der Waals surface area contributed by atoms with Crippen LogP contribution in [0.15, 0.2) is 54.7 Å². The quantitative estimate of drug-likeness (QED) is 0.444. The molecule has 0 aliphatic rings. The van der Waals surface area contributed by atoms with Crippen LogP contribution in [0, 0.1) is 0 Å². The Kier molecular flexibility index (Phi) is 6.84. The molecule has 2 N–H and O–H groups in total. The van der Waals surface area contributed by atoms with Crippen LogP contribution in [0.25, 0.3) is 0 Å². The lowest BCUT2D eigenvalue weighted by Gasteiger charge is -2.16. The fraction of sp³-hybridized carbons (Fsp3) is 0.273. The van der Waals surface area contributed by atoms with E-state index in [-0.39, 0.29) is 17.9 Å². The lowest BCUT2D eigenvalue weighted by molar-refractivity contribution is -0.137. The summed E-state index contributed by atoms with van der Waals surface area (Å²) in [7, 11) is 1.44. The maximum absolute atomic E-state index is 13.5. The maximum Gasteiger partial charge on any atom is 0.421 e. The van der Waals surface area contributed by atoms with E-state index in [9.17, 15) is 13.2 Å². The van der Waals surface area contributed by atoms with Crippen LogP contribution in [0.2, 0.25) is 0 Å². The molecule has 1 heterocycles. The van der Waals surface area contributed by atoms with Crippen molar-refractivity contribution < 1.29 is 22.6 Å². The molecule has 9 heteroatoms. The van der Waals surface area contributed by atoms with Crippen LogP contribution in [-0.4, -0.2) is 23.2 Å². The third-order valence-electron chi connectivity index (χ3n) is 4.48. The summed E-state index contributed by atoms with van der Waals surface area (Å²) in [4.78, 5) is 7.87. The van der Waals surface area contributed by atoms with Gasteiger partial charge < -0.3 is 20.1 Å². The molecule has 1 unspecified atom stereocenters. The molecule has 0 bridgehead atoms. The summed E-state index contributed by atoms with van der Waals surface area (Å²) in [6, 6.07) is 13.7. The van der Waals surface area contributed by atoms with Gasteiger partial charge in [-0.2, -0.15) is 18.2 Å². The number of alkyl halides is 3. The third kappa shape index (κ3) is 5.78. The second kappa shape index (κ2) is 9.55. The van der Waals surface area contributed by atoms with E-state index in [0.717, 1.165) is 12.6 Å². The van der Waals surface area contributed by atoms with Crippen molar-refractivity contribution in [1.29, 1.82) is 0 Å². The van der Waals surface area contributed by atoms with E-state index < -0.39 is 11.7 Å². The lowest BCUT2D eigenvalue weighted by Crippen LogP contribution is -2.13. The molecule has 0 aliphatic carbocycles. The Morgan fingerprint density at radius 1 is 1.03 bits per heavy atom. The molecule has 164 valence electrons. The average molecular weight is 432 g/mol. The van der Waals surface area contributed by atoms with Crippen LogP contribution in [-0.2, 0) is 6.18 Å². The normalized spacial score (nSPS) is 12.2. The Labute approximate surface area is 178 Å². The van der Waals surface area contributed by atoms with E-state index in [4.69, 9.17) is 9.47 Å². The molecule has 1 atom stereocenters. The molecule has 2 aromatic carbocycles. The number of methoxy groups -OCH3 is 1. The topological polar surface area (TPSA) is 68.3 Å². The molecule has 0 fully saturated rings. The van der Waals surface area contributed by atoms with Crippen molar-refractivity contribution in [3.8, 4) is 11.5 Å². The molecule has 0 radical (unpaired) electrons. The number of hydrogen-bond donors (Lipinski definition) is 2. The monoisotopic (exact) mass is 432 g/mol.